The molecule has 1 rings (SSSR count). The van der Waals surface area contributed by atoms with Gasteiger partial charge in [0, 0.05) is 0 Å². The summed E-state index contributed by atoms with van der Waals surface area (Å²) in [6, 6.07) is 4.89. The van der Waals surface area contributed by atoms with E-state index < -0.39 is 0 Å². The molecule has 0 heterocycles. The summed E-state index contributed by atoms with van der Waals surface area (Å²) in [7, 11) is 0. The number of phenols is 2. The van der Waals surface area contributed by atoms with E-state index in [2.05, 4.69) is 13.8 Å². The molecule has 3 heteroatoms. The molecule has 126 valence electrons. The number of hydrogen-bond donors (Lipinski definition) is 2. The lowest BCUT2D eigenvalue weighted by molar-refractivity contribution is 0.166. The predicted molar refractivity (Wildman–Crippen MR) is 91.7 cm³/mol. The first-order valence-electron chi connectivity index (χ1n) is 8.86. The van der Waals surface area contributed by atoms with Crippen LogP contribution in [0.5, 0.6) is 17.2 Å². The first-order valence-corrected chi connectivity index (χ1v) is 8.86. The Morgan fingerprint density at radius 3 is 2.23 bits per heavy atom. The second-order valence-corrected chi connectivity index (χ2v) is 6.06. The quantitative estimate of drug-likeness (QED) is 0.380. The number of aromatic hydroxyl groups is 2. The zero-order chi connectivity index (χ0) is 16.2. The van der Waals surface area contributed by atoms with Crippen LogP contribution in [0.15, 0.2) is 18.2 Å². The van der Waals surface area contributed by atoms with Crippen molar-refractivity contribution < 1.29 is 14.9 Å². The van der Waals surface area contributed by atoms with Crippen molar-refractivity contribution in [2.45, 2.75) is 84.2 Å². The highest BCUT2D eigenvalue weighted by molar-refractivity contribution is 5.48. The van der Waals surface area contributed by atoms with Gasteiger partial charge in [-0.1, -0.05) is 64.9 Å². The molecule has 0 fully saturated rings. The van der Waals surface area contributed by atoms with Gasteiger partial charge in [-0.3, -0.25) is 0 Å². The van der Waals surface area contributed by atoms with E-state index in [0.29, 0.717) is 5.75 Å². The van der Waals surface area contributed by atoms with Crippen LogP contribution in [-0.4, -0.2) is 16.3 Å². The van der Waals surface area contributed by atoms with E-state index in [4.69, 9.17) is 4.74 Å². The minimum Gasteiger partial charge on any atom is -0.504 e. The maximum absolute atomic E-state index is 9.87. The highest BCUT2D eigenvalue weighted by Gasteiger charge is 2.14. The maximum Gasteiger partial charge on any atom is 0.200 e. The molecule has 0 radical (unpaired) electrons. The molecule has 2 N–H and O–H groups in total. The molecule has 1 aromatic carbocycles. The van der Waals surface area contributed by atoms with Crippen molar-refractivity contribution in [2.24, 2.45) is 0 Å². The largest absolute Gasteiger partial charge is 0.504 e. The van der Waals surface area contributed by atoms with Crippen molar-refractivity contribution in [1.82, 2.24) is 0 Å². The molecule has 0 saturated heterocycles. The maximum atomic E-state index is 9.87. The number of ether oxygens (including phenoxy) is 1. The lowest BCUT2D eigenvalue weighted by Gasteiger charge is -2.20. The average molecular weight is 308 g/mol. The molecule has 0 aliphatic carbocycles. The molecule has 0 aromatic heterocycles. The van der Waals surface area contributed by atoms with Crippen LogP contribution in [0.1, 0.15) is 78.1 Å². The van der Waals surface area contributed by atoms with Crippen LogP contribution >= 0.6 is 0 Å². The summed E-state index contributed by atoms with van der Waals surface area (Å²) in [4.78, 5) is 0. The highest BCUT2D eigenvalue weighted by Crippen LogP contribution is 2.36. The van der Waals surface area contributed by atoms with Gasteiger partial charge in [-0.2, -0.15) is 0 Å². The molecule has 1 aromatic rings. The number of phenolic OH excluding ortho intramolecular Hbond substituents is 2. The van der Waals surface area contributed by atoms with E-state index in [-0.39, 0.29) is 17.6 Å². The van der Waals surface area contributed by atoms with E-state index in [1.165, 1.54) is 38.2 Å². The van der Waals surface area contributed by atoms with Crippen LogP contribution < -0.4 is 4.74 Å². The summed E-state index contributed by atoms with van der Waals surface area (Å²) in [5, 5.41) is 19.4. The van der Waals surface area contributed by atoms with E-state index in [0.717, 1.165) is 32.1 Å². The fourth-order valence-corrected chi connectivity index (χ4v) is 2.63. The first-order chi connectivity index (χ1) is 10.7. The Morgan fingerprint density at radius 1 is 0.864 bits per heavy atom. The van der Waals surface area contributed by atoms with Gasteiger partial charge in [0.2, 0.25) is 5.75 Å². The average Bonchev–Trinajstić information content (AvgIpc) is 2.52. The normalized spacial score (nSPS) is 12.3. The fraction of sp³-hybridized carbons (Fsp3) is 0.684. The van der Waals surface area contributed by atoms with Crippen LogP contribution in [0.2, 0.25) is 0 Å². The molecule has 0 aliphatic rings. The van der Waals surface area contributed by atoms with Gasteiger partial charge in [0.15, 0.2) is 11.5 Å². The Balaban J connectivity index is 2.44. The fourth-order valence-electron chi connectivity index (χ4n) is 2.63. The molecule has 1 atom stereocenters. The van der Waals surface area contributed by atoms with Crippen molar-refractivity contribution in [2.75, 3.05) is 0 Å². The number of hydrogen-bond acceptors (Lipinski definition) is 3. The highest BCUT2D eigenvalue weighted by atomic mass is 16.5. The number of benzene rings is 1. The van der Waals surface area contributed by atoms with Crippen molar-refractivity contribution in [1.29, 1.82) is 0 Å². The number of para-hydroxylation sites is 1. The van der Waals surface area contributed by atoms with Gasteiger partial charge >= 0.3 is 0 Å². The monoisotopic (exact) mass is 308 g/mol. The van der Waals surface area contributed by atoms with Gasteiger partial charge in [-0.15, -0.1) is 0 Å². The van der Waals surface area contributed by atoms with Gasteiger partial charge in [-0.25, -0.2) is 0 Å². The van der Waals surface area contributed by atoms with E-state index in [1.54, 1.807) is 12.1 Å². The Hall–Kier alpha value is -1.38. The summed E-state index contributed by atoms with van der Waals surface area (Å²) >= 11 is 0. The summed E-state index contributed by atoms with van der Waals surface area (Å²) in [6.07, 6.45) is 12.0. The van der Waals surface area contributed by atoms with Gasteiger partial charge < -0.3 is 14.9 Å². The molecule has 0 aliphatic heterocycles. The topological polar surface area (TPSA) is 49.7 Å². The van der Waals surface area contributed by atoms with Crippen LogP contribution in [0.25, 0.3) is 0 Å². The Morgan fingerprint density at radius 2 is 1.50 bits per heavy atom. The van der Waals surface area contributed by atoms with Gasteiger partial charge in [-0.05, 0) is 31.4 Å². The minimum absolute atomic E-state index is 0.119. The Kier molecular flexibility index (Phi) is 9.52. The Bertz CT molecular complexity index is 404. The Labute approximate surface area is 135 Å². The minimum atomic E-state index is -0.146. The molecule has 1 unspecified atom stereocenters. The molecule has 3 nitrogen and oxygen atoms in total. The van der Waals surface area contributed by atoms with Crippen molar-refractivity contribution in [3.8, 4) is 17.2 Å². The van der Waals surface area contributed by atoms with Crippen LogP contribution in [0, 0.1) is 0 Å². The smallest absolute Gasteiger partial charge is 0.200 e. The summed E-state index contributed by atoms with van der Waals surface area (Å²) in [5.74, 6) is 0.130. The summed E-state index contributed by atoms with van der Waals surface area (Å²) < 4.78 is 5.95. The van der Waals surface area contributed by atoms with Crippen molar-refractivity contribution in [3.05, 3.63) is 18.2 Å². The van der Waals surface area contributed by atoms with Crippen LogP contribution in [0.4, 0.5) is 0 Å². The third-order valence-corrected chi connectivity index (χ3v) is 4.03. The second-order valence-electron chi connectivity index (χ2n) is 6.06. The summed E-state index contributed by atoms with van der Waals surface area (Å²) in [5.41, 5.74) is 0. The zero-order valence-corrected chi connectivity index (χ0v) is 14.2. The summed E-state index contributed by atoms with van der Waals surface area (Å²) in [6.45, 7) is 4.41. The van der Waals surface area contributed by atoms with Crippen LogP contribution in [0.3, 0.4) is 0 Å². The van der Waals surface area contributed by atoms with Crippen molar-refractivity contribution >= 4 is 0 Å². The number of unbranched alkanes of at least 4 members (excludes halogenated alkanes) is 6. The van der Waals surface area contributed by atoms with Crippen LogP contribution in [-0.2, 0) is 0 Å². The predicted octanol–water partition coefficient (Wildman–Crippen LogP) is 5.79. The van der Waals surface area contributed by atoms with E-state index >= 15 is 0 Å². The molecule has 0 saturated carbocycles. The third-order valence-electron chi connectivity index (χ3n) is 4.03. The molecular weight excluding hydrogens is 276 g/mol. The molecular formula is C19H32O3. The van der Waals surface area contributed by atoms with Gasteiger partial charge in [0.05, 0.1) is 6.10 Å². The molecule has 22 heavy (non-hydrogen) atoms. The van der Waals surface area contributed by atoms with Gasteiger partial charge in [0.1, 0.15) is 0 Å². The van der Waals surface area contributed by atoms with Gasteiger partial charge in [0.25, 0.3) is 0 Å². The number of rotatable bonds is 12. The van der Waals surface area contributed by atoms with E-state index in [1.807, 2.05) is 0 Å². The SMILES string of the molecule is CCCCCCCCC(CCCC)Oc1cccc(O)c1O. The first kappa shape index (κ1) is 18.7. The lowest BCUT2D eigenvalue weighted by atomic mass is 10.0. The molecule has 0 amide bonds. The standard InChI is InChI=1S/C19H32O3/c1-3-5-7-8-9-10-13-16(12-6-4-2)22-18-15-11-14-17(20)19(18)21/h11,14-16,20-21H,3-10,12-13H2,1-2H3. The van der Waals surface area contributed by atoms with Crippen molar-refractivity contribution in [3.63, 3.8) is 0 Å². The zero-order valence-electron chi connectivity index (χ0n) is 14.2. The molecule has 0 bridgehead atoms. The third kappa shape index (κ3) is 7.06. The van der Waals surface area contributed by atoms with E-state index in [9.17, 15) is 10.2 Å². The lowest BCUT2D eigenvalue weighted by Crippen LogP contribution is -2.16. The second kappa shape index (κ2) is 11.2. The molecule has 0 spiro atoms.